The van der Waals surface area contributed by atoms with Gasteiger partial charge in [-0.2, -0.15) is 4.98 Å². The van der Waals surface area contributed by atoms with Gasteiger partial charge >= 0.3 is 0 Å². The fourth-order valence-corrected chi connectivity index (χ4v) is 2.84. The molecule has 0 atom stereocenters. The molecule has 0 unspecified atom stereocenters. The Morgan fingerprint density at radius 1 is 1.03 bits per heavy atom. The summed E-state index contributed by atoms with van der Waals surface area (Å²) in [5.41, 5.74) is 1.36. The molecule has 31 heavy (non-hydrogen) atoms. The lowest BCUT2D eigenvalue weighted by atomic mass is 10.2. The van der Waals surface area contributed by atoms with Crippen molar-refractivity contribution in [2.24, 2.45) is 0 Å². The number of hydrogen-bond donors (Lipinski definition) is 3. The van der Waals surface area contributed by atoms with Gasteiger partial charge in [0.1, 0.15) is 25.6 Å². The third kappa shape index (κ3) is 5.87. The van der Waals surface area contributed by atoms with Crippen molar-refractivity contribution in [3.63, 3.8) is 0 Å². The highest BCUT2D eigenvalue weighted by atomic mass is 35.5. The minimum Gasteiger partial charge on any atom is -0.492 e. The van der Waals surface area contributed by atoms with Gasteiger partial charge in [0, 0.05) is 30.1 Å². The number of halogens is 2. The Bertz CT molecular complexity index is 1020. The monoisotopic (exact) mass is 447 g/mol. The van der Waals surface area contributed by atoms with Crippen molar-refractivity contribution in [2.75, 3.05) is 44.0 Å². The van der Waals surface area contributed by atoms with E-state index in [4.69, 9.17) is 14.2 Å². The first kappa shape index (κ1) is 22.4. The topological polar surface area (TPSA) is 89.6 Å². The lowest BCUT2D eigenvalue weighted by Crippen LogP contribution is -2.15. The third-order valence-electron chi connectivity index (χ3n) is 4.26. The van der Waals surface area contributed by atoms with Gasteiger partial charge < -0.3 is 30.2 Å². The van der Waals surface area contributed by atoms with Crippen LogP contribution in [0.5, 0.6) is 17.2 Å². The molecule has 164 valence electrons. The second-order valence-electron chi connectivity index (χ2n) is 6.48. The van der Waals surface area contributed by atoms with E-state index in [1.807, 2.05) is 31.3 Å². The largest absolute Gasteiger partial charge is 0.492 e. The van der Waals surface area contributed by atoms with Crippen molar-refractivity contribution in [1.29, 1.82) is 0 Å². The molecule has 0 saturated carbocycles. The van der Waals surface area contributed by atoms with E-state index < -0.39 is 5.82 Å². The van der Waals surface area contributed by atoms with Gasteiger partial charge in [0.2, 0.25) is 5.95 Å². The number of anilines is 4. The third-order valence-corrected chi connectivity index (χ3v) is 4.26. The van der Waals surface area contributed by atoms with Gasteiger partial charge in [0.15, 0.2) is 23.1 Å². The molecular formula is C21H23ClFN5O3. The van der Waals surface area contributed by atoms with E-state index in [1.165, 1.54) is 0 Å². The molecular weight excluding hydrogens is 425 g/mol. The molecule has 0 radical (unpaired) electrons. The molecule has 1 aliphatic rings. The Morgan fingerprint density at radius 3 is 2.68 bits per heavy atom. The summed E-state index contributed by atoms with van der Waals surface area (Å²) in [5.74, 6) is 1.71. The van der Waals surface area contributed by atoms with Crippen LogP contribution in [0, 0.1) is 5.82 Å². The molecule has 1 aliphatic heterocycles. The van der Waals surface area contributed by atoms with Crippen LogP contribution in [-0.2, 0) is 0 Å². The zero-order valence-electron chi connectivity index (χ0n) is 16.9. The zero-order valence-corrected chi connectivity index (χ0v) is 17.7. The van der Waals surface area contributed by atoms with E-state index in [9.17, 15) is 4.39 Å². The maximum atomic E-state index is 14.3. The van der Waals surface area contributed by atoms with Crippen LogP contribution in [0.3, 0.4) is 0 Å². The smallest absolute Gasteiger partial charge is 0.229 e. The Balaban J connectivity index is 0.00000272. The van der Waals surface area contributed by atoms with Gasteiger partial charge in [-0.1, -0.05) is 6.07 Å². The molecule has 10 heteroatoms. The summed E-state index contributed by atoms with van der Waals surface area (Å²) in [7, 11) is 1.86. The maximum Gasteiger partial charge on any atom is 0.229 e. The first-order valence-electron chi connectivity index (χ1n) is 9.55. The zero-order chi connectivity index (χ0) is 20.8. The number of benzene rings is 2. The predicted molar refractivity (Wildman–Crippen MR) is 119 cm³/mol. The molecule has 2 heterocycles. The van der Waals surface area contributed by atoms with Gasteiger partial charge in [-0.05, 0) is 31.3 Å². The Hall–Kier alpha value is -3.30. The molecule has 0 saturated heterocycles. The van der Waals surface area contributed by atoms with Gasteiger partial charge in [-0.3, -0.25) is 0 Å². The Labute approximate surface area is 185 Å². The highest BCUT2D eigenvalue weighted by molar-refractivity contribution is 5.85. The molecule has 1 aromatic heterocycles. The maximum absolute atomic E-state index is 14.3. The summed E-state index contributed by atoms with van der Waals surface area (Å²) in [4.78, 5) is 8.27. The summed E-state index contributed by atoms with van der Waals surface area (Å²) < 4.78 is 31.0. The quantitative estimate of drug-likeness (QED) is 0.448. The highest BCUT2D eigenvalue weighted by Crippen LogP contribution is 2.33. The van der Waals surface area contributed by atoms with Crippen molar-refractivity contribution in [3.05, 3.63) is 54.5 Å². The number of ether oxygens (including phenoxy) is 3. The van der Waals surface area contributed by atoms with E-state index in [1.54, 1.807) is 18.2 Å². The average molecular weight is 448 g/mol. The first-order chi connectivity index (χ1) is 14.7. The van der Waals surface area contributed by atoms with Gasteiger partial charge in [-0.15, -0.1) is 12.4 Å². The number of fused-ring (bicyclic) bond motifs is 1. The second-order valence-corrected chi connectivity index (χ2v) is 6.48. The van der Waals surface area contributed by atoms with Gasteiger partial charge in [0.05, 0.1) is 6.20 Å². The summed E-state index contributed by atoms with van der Waals surface area (Å²) in [6, 6.07) is 12.7. The van der Waals surface area contributed by atoms with Crippen LogP contribution in [0.1, 0.15) is 0 Å². The first-order valence-corrected chi connectivity index (χ1v) is 9.55. The summed E-state index contributed by atoms with van der Waals surface area (Å²) in [6.45, 7) is 2.28. The molecule has 8 nitrogen and oxygen atoms in total. The van der Waals surface area contributed by atoms with Crippen LogP contribution in [0.25, 0.3) is 0 Å². The van der Waals surface area contributed by atoms with Crippen molar-refractivity contribution < 1.29 is 18.6 Å². The fraction of sp³-hybridized carbons (Fsp3) is 0.238. The number of rotatable bonds is 8. The van der Waals surface area contributed by atoms with E-state index in [2.05, 4.69) is 25.9 Å². The van der Waals surface area contributed by atoms with Gasteiger partial charge in [0.25, 0.3) is 0 Å². The predicted octanol–water partition coefficient (Wildman–Crippen LogP) is 3.89. The fourth-order valence-electron chi connectivity index (χ4n) is 2.84. The lowest BCUT2D eigenvalue weighted by Gasteiger charge is -2.19. The Morgan fingerprint density at radius 2 is 1.84 bits per heavy atom. The van der Waals surface area contributed by atoms with E-state index in [0.29, 0.717) is 42.8 Å². The van der Waals surface area contributed by atoms with Crippen LogP contribution in [0.15, 0.2) is 48.7 Å². The molecule has 0 fully saturated rings. The molecule has 0 spiro atoms. The van der Waals surface area contributed by atoms with Crippen molar-refractivity contribution >= 4 is 35.5 Å². The second kappa shape index (κ2) is 10.6. The van der Waals surface area contributed by atoms with Crippen LogP contribution in [-0.4, -0.2) is 43.4 Å². The lowest BCUT2D eigenvalue weighted by molar-refractivity contribution is 0.171. The van der Waals surface area contributed by atoms with E-state index >= 15 is 0 Å². The molecule has 0 aliphatic carbocycles. The summed E-state index contributed by atoms with van der Waals surface area (Å²) >= 11 is 0. The van der Waals surface area contributed by atoms with Crippen molar-refractivity contribution in [1.82, 2.24) is 15.3 Å². The summed E-state index contributed by atoms with van der Waals surface area (Å²) in [6.07, 6.45) is 1.11. The highest BCUT2D eigenvalue weighted by Gasteiger charge is 2.14. The van der Waals surface area contributed by atoms with E-state index in [-0.39, 0.29) is 24.2 Å². The molecule has 4 rings (SSSR count). The molecule has 2 aromatic carbocycles. The molecule has 0 amide bonds. The van der Waals surface area contributed by atoms with Crippen LogP contribution in [0.4, 0.5) is 27.5 Å². The van der Waals surface area contributed by atoms with Crippen molar-refractivity contribution in [2.45, 2.75) is 0 Å². The Kier molecular flexibility index (Phi) is 7.69. The van der Waals surface area contributed by atoms with Crippen molar-refractivity contribution in [3.8, 4) is 17.2 Å². The molecule has 3 N–H and O–H groups in total. The minimum absolute atomic E-state index is 0. The summed E-state index contributed by atoms with van der Waals surface area (Å²) in [5, 5.41) is 9.05. The van der Waals surface area contributed by atoms with Crippen LogP contribution >= 0.6 is 12.4 Å². The normalized spacial score (nSPS) is 11.9. The van der Waals surface area contributed by atoms with Crippen LogP contribution in [0.2, 0.25) is 0 Å². The standard InChI is InChI=1S/C21H22FN5O3.ClH/c1-23-7-8-28-16-4-2-3-14(11-16)26-21-24-13-17(22)20(27-21)25-15-5-6-18-19(12-15)30-10-9-29-18;/h2-6,11-13,23H,7-10H2,1H3,(H2,24,25,26,27);1H. The number of hydrogen-bond acceptors (Lipinski definition) is 8. The average Bonchev–Trinajstić information content (AvgIpc) is 2.76. The molecule has 0 bridgehead atoms. The van der Waals surface area contributed by atoms with E-state index in [0.717, 1.165) is 18.4 Å². The SMILES string of the molecule is CNCCOc1cccc(Nc2ncc(F)c(Nc3ccc4c(c3)OCCO4)n2)c1.Cl. The van der Waals surface area contributed by atoms with Gasteiger partial charge in [-0.25, -0.2) is 9.37 Å². The number of nitrogens with one attached hydrogen (secondary N) is 3. The van der Waals surface area contributed by atoms with Crippen LogP contribution < -0.4 is 30.2 Å². The minimum atomic E-state index is -0.570. The number of likely N-dealkylation sites (N-methyl/N-ethyl adjacent to an activating group) is 1. The number of aromatic nitrogens is 2. The molecule has 3 aromatic rings. The number of nitrogens with zero attached hydrogens (tertiary/aromatic N) is 2.